The molecule has 2 aliphatic heterocycles. The van der Waals surface area contributed by atoms with E-state index < -0.39 is 0 Å². The Kier molecular flexibility index (Phi) is 6.48. The summed E-state index contributed by atoms with van der Waals surface area (Å²) in [4.78, 5) is 2.66. The van der Waals surface area contributed by atoms with Gasteiger partial charge in [0.25, 0.3) is 0 Å². The molecule has 2 rings (SSSR count). The number of nitrogens with one attached hydrogen (secondary N) is 1. The van der Waals surface area contributed by atoms with Crippen molar-refractivity contribution in [1.82, 2.24) is 10.2 Å². The maximum absolute atomic E-state index is 5.86. The van der Waals surface area contributed by atoms with Crippen LogP contribution in [-0.4, -0.2) is 62.5 Å². The summed E-state index contributed by atoms with van der Waals surface area (Å²) < 4.78 is 11.7. The molecule has 3 atom stereocenters. The number of hydrogen-bond donors (Lipinski definition) is 1. The summed E-state index contributed by atoms with van der Waals surface area (Å²) >= 11 is 0. The van der Waals surface area contributed by atoms with Crippen molar-refractivity contribution in [3.05, 3.63) is 0 Å². The van der Waals surface area contributed by atoms with Crippen LogP contribution in [0.4, 0.5) is 0 Å². The van der Waals surface area contributed by atoms with E-state index in [0.717, 1.165) is 39.5 Å². The summed E-state index contributed by atoms with van der Waals surface area (Å²) in [6, 6.07) is 1.11. The minimum atomic E-state index is 0.271. The fraction of sp³-hybridized carbons (Fsp3) is 1.00. The molecule has 0 aromatic rings. The van der Waals surface area contributed by atoms with Crippen LogP contribution >= 0.6 is 0 Å². The van der Waals surface area contributed by atoms with Crippen molar-refractivity contribution in [2.45, 2.75) is 65.1 Å². The van der Waals surface area contributed by atoms with Gasteiger partial charge in [-0.15, -0.1) is 0 Å². The molecule has 2 heterocycles. The van der Waals surface area contributed by atoms with Gasteiger partial charge in [-0.2, -0.15) is 0 Å². The SMILES string of the molecule is CCC1COC(C)CN1CC1(CNC(C)C)CCCOC1. The molecular formula is C17H34N2O2. The number of rotatable bonds is 6. The summed E-state index contributed by atoms with van der Waals surface area (Å²) in [5.41, 5.74) is 0.271. The van der Waals surface area contributed by atoms with Crippen molar-refractivity contribution >= 4 is 0 Å². The zero-order valence-corrected chi connectivity index (χ0v) is 14.4. The van der Waals surface area contributed by atoms with E-state index >= 15 is 0 Å². The smallest absolute Gasteiger partial charge is 0.0674 e. The highest BCUT2D eigenvalue weighted by molar-refractivity contribution is 4.91. The van der Waals surface area contributed by atoms with E-state index in [1.54, 1.807) is 0 Å². The Labute approximate surface area is 130 Å². The quantitative estimate of drug-likeness (QED) is 0.816. The zero-order chi connectivity index (χ0) is 15.3. The first-order valence-corrected chi connectivity index (χ1v) is 8.71. The predicted molar refractivity (Wildman–Crippen MR) is 86.7 cm³/mol. The zero-order valence-electron chi connectivity index (χ0n) is 14.4. The number of hydrogen-bond acceptors (Lipinski definition) is 4. The average molecular weight is 298 g/mol. The third kappa shape index (κ3) is 4.92. The highest BCUT2D eigenvalue weighted by atomic mass is 16.5. The van der Waals surface area contributed by atoms with Crippen LogP contribution in [0.25, 0.3) is 0 Å². The van der Waals surface area contributed by atoms with Gasteiger partial charge in [-0.1, -0.05) is 20.8 Å². The first-order valence-electron chi connectivity index (χ1n) is 8.71. The largest absolute Gasteiger partial charge is 0.381 e. The van der Waals surface area contributed by atoms with E-state index in [4.69, 9.17) is 9.47 Å². The van der Waals surface area contributed by atoms with Gasteiger partial charge in [0.1, 0.15) is 0 Å². The van der Waals surface area contributed by atoms with Crippen LogP contribution in [0.3, 0.4) is 0 Å². The highest BCUT2D eigenvalue weighted by Gasteiger charge is 2.38. The fourth-order valence-corrected chi connectivity index (χ4v) is 3.56. The molecule has 4 heteroatoms. The molecule has 0 saturated carbocycles. The van der Waals surface area contributed by atoms with Crippen LogP contribution in [0.1, 0.15) is 47.0 Å². The molecule has 124 valence electrons. The fourth-order valence-electron chi connectivity index (χ4n) is 3.56. The van der Waals surface area contributed by atoms with E-state index in [9.17, 15) is 0 Å². The van der Waals surface area contributed by atoms with Crippen LogP contribution < -0.4 is 5.32 Å². The normalized spacial score (nSPS) is 35.3. The van der Waals surface area contributed by atoms with Gasteiger partial charge >= 0.3 is 0 Å². The summed E-state index contributed by atoms with van der Waals surface area (Å²) in [6.07, 6.45) is 3.99. The van der Waals surface area contributed by atoms with Gasteiger partial charge < -0.3 is 14.8 Å². The third-order valence-corrected chi connectivity index (χ3v) is 4.88. The molecule has 3 unspecified atom stereocenters. The highest BCUT2D eigenvalue weighted by Crippen LogP contribution is 2.31. The van der Waals surface area contributed by atoms with Gasteiger partial charge in [0, 0.05) is 43.7 Å². The molecule has 2 fully saturated rings. The molecule has 0 aliphatic carbocycles. The maximum atomic E-state index is 5.86. The van der Waals surface area contributed by atoms with E-state index in [2.05, 4.69) is 37.9 Å². The lowest BCUT2D eigenvalue weighted by Crippen LogP contribution is -2.56. The Morgan fingerprint density at radius 3 is 2.81 bits per heavy atom. The lowest BCUT2D eigenvalue weighted by Gasteiger charge is -2.46. The van der Waals surface area contributed by atoms with Crippen LogP contribution in [0.15, 0.2) is 0 Å². The summed E-state index contributed by atoms with van der Waals surface area (Å²) in [7, 11) is 0. The Balaban J connectivity index is 2.01. The second-order valence-corrected chi connectivity index (χ2v) is 7.33. The third-order valence-electron chi connectivity index (χ3n) is 4.88. The Morgan fingerprint density at radius 1 is 1.38 bits per heavy atom. The summed E-state index contributed by atoms with van der Waals surface area (Å²) in [5.74, 6) is 0. The number of nitrogens with zero attached hydrogens (tertiary/aromatic N) is 1. The molecule has 0 aromatic carbocycles. The second kappa shape index (κ2) is 7.91. The molecule has 2 saturated heterocycles. The van der Waals surface area contributed by atoms with E-state index in [0.29, 0.717) is 18.2 Å². The van der Waals surface area contributed by atoms with Crippen molar-refractivity contribution in [3.8, 4) is 0 Å². The topological polar surface area (TPSA) is 33.7 Å². The van der Waals surface area contributed by atoms with E-state index in [1.165, 1.54) is 19.3 Å². The molecule has 0 bridgehead atoms. The summed E-state index contributed by atoms with van der Waals surface area (Å²) in [5, 5.41) is 3.65. The standard InChI is InChI=1S/C17H34N2O2/c1-5-16-10-21-15(4)9-19(16)12-17(11-18-14(2)3)7-6-8-20-13-17/h14-16,18H,5-13H2,1-4H3. The molecule has 0 spiro atoms. The van der Waals surface area contributed by atoms with Crippen molar-refractivity contribution in [2.75, 3.05) is 39.5 Å². The van der Waals surface area contributed by atoms with Crippen molar-refractivity contribution in [3.63, 3.8) is 0 Å². The molecule has 0 amide bonds. The molecular weight excluding hydrogens is 264 g/mol. The van der Waals surface area contributed by atoms with E-state index in [1.807, 2.05) is 0 Å². The van der Waals surface area contributed by atoms with Crippen molar-refractivity contribution in [2.24, 2.45) is 5.41 Å². The van der Waals surface area contributed by atoms with Gasteiger partial charge in [-0.05, 0) is 26.2 Å². The van der Waals surface area contributed by atoms with Crippen LogP contribution in [0.5, 0.6) is 0 Å². The first kappa shape index (κ1) is 17.2. The van der Waals surface area contributed by atoms with E-state index in [-0.39, 0.29) is 5.41 Å². The Bertz CT molecular complexity index is 303. The average Bonchev–Trinajstić information content (AvgIpc) is 2.46. The minimum Gasteiger partial charge on any atom is -0.381 e. The van der Waals surface area contributed by atoms with Gasteiger partial charge in [-0.3, -0.25) is 4.90 Å². The summed E-state index contributed by atoms with van der Waals surface area (Å²) in [6.45, 7) is 14.9. The lowest BCUT2D eigenvalue weighted by molar-refractivity contribution is -0.0904. The Hall–Kier alpha value is -0.160. The van der Waals surface area contributed by atoms with Gasteiger partial charge in [-0.25, -0.2) is 0 Å². The first-order chi connectivity index (χ1) is 10.0. The molecule has 2 aliphatic rings. The van der Waals surface area contributed by atoms with Gasteiger partial charge in [0.05, 0.1) is 19.3 Å². The van der Waals surface area contributed by atoms with Crippen LogP contribution in [-0.2, 0) is 9.47 Å². The molecule has 21 heavy (non-hydrogen) atoms. The van der Waals surface area contributed by atoms with Crippen LogP contribution in [0.2, 0.25) is 0 Å². The van der Waals surface area contributed by atoms with Gasteiger partial charge in [0.15, 0.2) is 0 Å². The number of morpholine rings is 1. The Morgan fingerprint density at radius 2 is 2.19 bits per heavy atom. The van der Waals surface area contributed by atoms with Crippen molar-refractivity contribution in [1.29, 1.82) is 0 Å². The molecule has 4 nitrogen and oxygen atoms in total. The molecule has 1 N–H and O–H groups in total. The predicted octanol–water partition coefficient (Wildman–Crippen LogP) is 2.28. The van der Waals surface area contributed by atoms with Crippen LogP contribution in [0, 0.1) is 5.41 Å². The van der Waals surface area contributed by atoms with Gasteiger partial charge in [0.2, 0.25) is 0 Å². The molecule has 0 radical (unpaired) electrons. The number of ether oxygens (including phenoxy) is 2. The second-order valence-electron chi connectivity index (χ2n) is 7.33. The minimum absolute atomic E-state index is 0.271. The lowest BCUT2D eigenvalue weighted by atomic mass is 9.81. The monoisotopic (exact) mass is 298 g/mol. The van der Waals surface area contributed by atoms with Crippen molar-refractivity contribution < 1.29 is 9.47 Å². The maximum Gasteiger partial charge on any atom is 0.0674 e. The molecule has 0 aromatic heterocycles.